The molecular weight excluding hydrogens is 345 g/mol. The number of rotatable bonds is 8. The number of aliphatic hydroxyl groups is 1. The van der Waals surface area contributed by atoms with E-state index in [9.17, 15) is 9.50 Å². The largest absolute Gasteiger partial charge is 0.491 e. The molecule has 1 aromatic heterocycles. The maximum Gasteiger partial charge on any atom is 0.130 e. The molecule has 0 amide bonds. The van der Waals surface area contributed by atoms with Gasteiger partial charge in [-0.2, -0.15) is 0 Å². The molecule has 5 nitrogen and oxygen atoms in total. The lowest BCUT2D eigenvalue weighted by molar-refractivity contribution is 0.104. The second-order valence-corrected chi connectivity index (χ2v) is 6.57. The number of ether oxygens (including phenoxy) is 1. The van der Waals surface area contributed by atoms with Crippen molar-refractivity contribution in [1.29, 1.82) is 0 Å². The number of benzene rings is 2. The van der Waals surface area contributed by atoms with Crippen LogP contribution in [0.15, 0.2) is 60.9 Å². The molecular formula is C21H24FN3O2. The van der Waals surface area contributed by atoms with Crippen molar-refractivity contribution in [3.8, 4) is 5.75 Å². The molecule has 3 rings (SSSR count). The molecule has 0 saturated carbocycles. The van der Waals surface area contributed by atoms with Crippen molar-refractivity contribution in [2.24, 2.45) is 7.05 Å². The lowest BCUT2D eigenvalue weighted by Crippen LogP contribution is -2.35. The van der Waals surface area contributed by atoms with E-state index in [1.165, 1.54) is 12.1 Å². The number of aliphatic hydroxyl groups excluding tert-OH is 1. The highest BCUT2D eigenvalue weighted by Crippen LogP contribution is 2.21. The smallest absolute Gasteiger partial charge is 0.130 e. The highest BCUT2D eigenvalue weighted by Gasteiger charge is 2.20. The Kier molecular flexibility index (Phi) is 6.21. The lowest BCUT2D eigenvalue weighted by Gasteiger charge is -2.21. The molecule has 27 heavy (non-hydrogen) atoms. The Bertz CT molecular complexity index is 881. The number of nitrogens with one attached hydrogen (secondary N) is 1. The molecule has 0 aliphatic carbocycles. The Morgan fingerprint density at radius 2 is 2.04 bits per heavy atom. The minimum atomic E-state index is -0.721. The van der Waals surface area contributed by atoms with Gasteiger partial charge in [-0.3, -0.25) is 0 Å². The number of aryl methyl sites for hydroxylation is 2. The summed E-state index contributed by atoms with van der Waals surface area (Å²) in [5.74, 6) is 1.16. The Hall–Kier alpha value is -2.70. The first-order valence-corrected chi connectivity index (χ1v) is 8.86. The molecule has 1 heterocycles. The molecule has 0 fully saturated rings. The third-order valence-corrected chi connectivity index (χ3v) is 4.29. The van der Waals surface area contributed by atoms with Crippen LogP contribution in [0.1, 0.15) is 23.0 Å². The molecule has 2 unspecified atom stereocenters. The van der Waals surface area contributed by atoms with Gasteiger partial charge in [0.2, 0.25) is 0 Å². The van der Waals surface area contributed by atoms with Gasteiger partial charge in [-0.15, -0.1) is 0 Å². The molecule has 0 spiro atoms. The van der Waals surface area contributed by atoms with E-state index in [-0.39, 0.29) is 25.0 Å². The Balaban J connectivity index is 1.65. The van der Waals surface area contributed by atoms with E-state index >= 15 is 0 Å². The van der Waals surface area contributed by atoms with Crippen molar-refractivity contribution in [2.45, 2.75) is 19.1 Å². The second kappa shape index (κ2) is 8.79. The number of aromatic nitrogens is 2. The van der Waals surface area contributed by atoms with Crippen LogP contribution in [0.2, 0.25) is 0 Å². The van der Waals surface area contributed by atoms with Crippen LogP contribution >= 0.6 is 0 Å². The number of imidazole rings is 1. The highest BCUT2D eigenvalue weighted by molar-refractivity contribution is 5.28. The fourth-order valence-electron chi connectivity index (χ4n) is 2.91. The average molecular weight is 369 g/mol. The quantitative estimate of drug-likeness (QED) is 0.641. The summed E-state index contributed by atoms with van der Waals surface area (Å²) in [7, 11) is 1.88. The van der Waals surface area contributed by atoms with Crippen molar-refractivity contribution in [3.63, 3.8) is 0 Å². The van der Waals surface area contributed by atoms with Crippen LogP contribution in [0.4, 0.5) is 4.39 Å². The van der Waals surface area contributed by atoms with Gasteiger partial charge in [0, 0.05) is 26.0 Å². The van der Waals surface area contributed by atoms with Crippen molar-refractivity contribution in [2.75, 3.05) is 13.2 Å². The molecule has 3 aromatic rings. The zero-order valence-corrected chi connectivity index (χ0v) is 15.5. The van der Waals surface area contributed by atoms with Crippen LogP contribution < -0.4 is 10.1 Å². The Morgan fingerprint density at radius 1 is 1.22 bits per heavy atom. The molecule has 2 atom stereocenters. The number of hydrogen-bond donors (Lipinski definition) is 2. The zero-order valence-electron chi connectivity index (χ0n) is 15.5. The highest BCUT2D eigenvalue weighted by atomic mass is 19.1. The fourth-order valence-corrected chi connectivity index (χ4v) is 2.91. The molecule has 0 aliphatic heterocycles. The van der Waals surface area contributed by atoms with Crippen molar-refractivity contribution < 1.29 is 14.2 Å². The molecule has 0 bridgehead atoms. The number of hydrogen-bond acceptors (Lipinski definition) is 4. The third kappa shape index (κ3) is 5.15. The van der Waals surface area contributed by atoms with Crippen molar-refractivity contribution in [1.82, 2.24) is 14.9 Å². The average Bonchev–Trinajstić information content (AvgIpc) is 3.06. The zero-order chi connectivity index (χ0) is 19.2. The van der Waals surface area contributed by atoms with Crippen LogP contribution in [0.3, 0.4) is 0 Å². The first kappa shape index (κ1) is 19.1. The van der Waals surface area contributed by atoms with Crippen LogP contribution in [-0.4, -0.2) is 33.9 Å². The molecule has 6 heteroatoms. The van der Waals surface area contributed by atoms with Crippen LogP contribution in [0, 0.1) is 12.7 Å². The SMILES string of the molecule is Cc1cccc(OCC(O)CNC(c2cccc(F)c2)c2nccn2C)c1. The summed E-state index contributed by atoms with van der Waals surface area (Å²) in [4.78, 5) is 4.37. The standard InChI is InChI=1S/C21H24FN3O2/c1-15-5-3-8-19(11-15)27-14-18(26)13-24-20(21-23-9-10-25(21)2)16-6-4-7-17(22)12-16/h3-12,18,20,24,26H,13-14H2,1-2H3. The maximum atomic E-state index is 13.7. The molecule has 0 radical (unpaired) electrons. The van der Waals surface area contributed by atoms with Gasteiger partial charge < -0.3 is 19.7 Å². The van der Waals surface area contributed by atoms with Gasteiger partial charge in [-0.1, -0.05) is 24.3 Å². The summed E-state index contributed by atoms with van der Waals surface area (Å²) < 4.78 is 21.2. The minimum absolute atomic E-state index is 0.160. The molecule has 2 N–H and O–H groups in total. The fraction of sp³-hybridized carbons (Fsp3) is 0.286. The number of nitrogens with zero attached hydrogens (tertiary/aromatic N) is 2. The van der Waals surface area contributed by atoms with Gasteiger partial charge in [0.15, 0.2) is 0 Å². The normalized spacial score (nSPS) is 13.3. The maximum absolute atomic E-state index is 13.7. The summed E-state index contributed by atoms with van der Waals surface area (Å²) in [5, 5.41) is 13.6. The van der Waals surface area contributed by atoms with Gasteiger partial charge in [0.1, 0.15) is 30.1 Å². The summed E-state index contributed by atoms with van der Waals surface area (Å²) in [6.07, 6.45) is 2.81. The van der Waals surface area contributed by atoms with E-state index in [1.54, 1.807) is 12.3 Å². The van der Waals surface area contributed by atoms with Crippen LogP contribution in [0.25, 0.3) is 0 Å². The van der Waals surface area contributed by atoms with Gasteiger partial charge in [-0.25, -0.2) is 9.37 Å². The van der Waals surface area contributed by atoms with E-state index in [0.717, 1.165) is 22.7 Å². The molecule has 142 valence electrons. The Labute approximate surface area is 158 Å². The van der Waals surface area contributed by atoms with Gasteiger partial charge in [-0.05, 0) is 42.3 Å². The monoisotopic (exact) mass is 369 g/mol. The van der Waals surface area contributed by atoms with E-state index in [0.29, 0.717) is 0 Å². The first-order chi connectivity index (χ1) is 13.0. The third-order valence-electron chi connectivity index (χ3n) is 4.29. The van der Waals surface area contributed by atoms with E-state index in [1.807, 2.05) is 55.1 Å². The molecule has 0 aliphatic rings. The van der Waals surface area contributed by atoms with Gasteiger partial charge >= 0.3 is 0 Å². The predicted octanol–water partition coefficient (Wildman–Crippen LogP) is 2.99. The number of halogens is 1. The van der Waals surface area contributed by atoms with Crippen molar-refractivity contribution in [3.05, 3.63) is 83.7 Å². The van der Waals surface area contributed by atoms with Crippen molar-refractivity contribution >= 4 is 0 Å². The van der Waals surface area contributed by atoms with Crippen LogP contribution in [0.5, 0.6) is 5.75 Å². The molecule has 0 saturated heterocycles. The van der Waals surface area contributed by atoms with Crippen LogP contribution in [-0.2, 0) is 7.05 Å². The van der Waals surface area contributed by atoms with E-state index in [2.05, 4.69) is 10.3 Å². The minimum Gasteiger partial charge on any atom is -0.491 e. The molecule has 2 aromatic carbocycles. The summed E-state index contributed by atoms with van der Waals surface area (Å²) >= 11 is 0. The summed E-state index contributed by atoms with van der Waals surface area (Å²) in [6, 6.07) is 13.7. The predicted molar refractivity (Wildman–Crippen MR) is 102 cm³/mol. The van der Waals surface area contributed by atoms with E-state index in [4.69, 9.17) is 4.74 Å². The van der Waals surface area contributed by atoms with E-state index < -0.39 is 6.10 Å². The van der Waals surface area contributed by atoms with Gasteiger partial charge in [0.05, 0.1) is 6.04 Å². The Morgan fingerprint density at radius 3 is 2.74 bits per heavy atom. The first-order valence-electron chi connectivity index (χ1n) is 8.86. The topological polar surface area (TPSA) is 59.3 Å². The van der Waals surface area contributed by atoms with Gasteiger partial charge in [0.25, 0.3) is 0 Å². The summed E-state index contributed by atoms with van der Waals surface area (Å²) in [5.41, 5.74) is 1.84. The lowest BCUT2D eigenvalue weighted by atomic mass is 10.1. The summed E-state index contributed by atoms with van der Waals surface area (Å²) in [6.45, 7) is 2.42. The second-order valence-electron chi connectivity index (χ2n) is 6.57.